The first-order chi connectivity index (χ1) is 7.33. The largest absolute Gasteiger partial charge is 0.352 e. The minimum absolute atomic E-state index is 0.465. The lowest BCUT2D eigenvalue weighted by Crippen LogP contribution is -2.39. The summed E-state index contributed by atoms with van der Waals surface area (Å²) in [5, 5.41) is 0. The van der Waals surface area contributed by atoms with Crippen LogP contribution in [0.3, 0.4) is 0 Å². The van der Waals surface area contributed by atoms with Crippen LogP contribution in [-0.2, 0) is 6.54 Å². The third-order valence-corrected chi connectivity index (χ3v) is 3.02. The van der Waals surface area contributed by atoms with Gasteiger partial charge in [-0.2, -0.15) is 0 Å². The van der Waals surface area contributed by atoms with Gasteiger partial charge in [0.15, 0.2) is 5.82 Å². The van der Waals surface area contributed by atoms with Crippen molar-refractivity contribution >= 4 is 5.82 Å². The van der Waals surface area contributed by atoms with Crippen LogP contribution in [0.25, 0.3) is 0 Å². The maximum absolute atomic E-state index is 5.67. The zero-order valence-electron chi connectivity index (χ0n) is 9.19. The number of anilines is 1. The fourth-order valence-electron chi connectivity index (χ4n) is 2.16. The highest BCUT2D eigenvalue weighted by molar-refractivity contribution is 5.44. The van der Waals surface area contributed by atoms with E-state index >= 15 is 0 Å². The maximum Gasteiger partial charge on any atom is 0.151 e. The van der Waals surface area contributed by atoms with Gasteiger partial charge in [0.2, 0.25) is 0 Å². The van der Waals surface area contributed by atoms with Gasteiger partial charge >= 0.3 is 0 Å². The Morgan fingerprint density at radius 3 is 2.93 bits per heavy atom. The van der Waals surface area contributed by atoms with E-state index in [0.29, 0.717) is 12.6 Å². The molecule has 1 aliphatic rings. The Morgan fingerprint density at radius 2 is 2.20 bits per heavy atom. The molecule has 1 fully saturated rings. The molecule has 2 N–H and O–H groups in total. The molecule has 15 heavy (non-hydrogen) atoms. The number of hydrogen-bond donors (Lipinski definition) is 1. The zero-order chi connectivity index (χ0) is 10.7. The lowest BCUT2D eigenvalue weighted by atomic mass is 10.0. The Labute approximate surface area is 90.5 Å². The van der Waals surface area contributed by atoms with Crippen molar-refractivity contribution in [2.45, 2.75) is 38.8 Å². The summed E-state index contributed by atoms with van der Waals surface area (Å²) in [7, 11) is 0. The van der Waals surface area contributed by atoms with Gasteiger partial charge in [-0.25, -0.2) is 4.98 Å². The minimum Gasteiger partial charge on any atom is -0.352 e. The molecule has 0 aromatic carbocycles. The van der Waals surface area contributed by atoms with Crippen LogP contribution in [-0.4, -0.2) is 22.6 Å². The molecule has 4 heteroatoms. The average molecular weight is 206 g/mol. The first-order valence-electron chi connectivity index (χ1n) is 5.59. The summed E-state index contributed by atoms with van der Waals surface area (Å²) in [6, 6.07) is 0.556. The minimum atomic E-state index is 0.465. The highest BCUT2D eigenvalue weighted by Gasteiger charge is 2.21. The van der Waals surface area contributed by atoms with E-state index in [1.54, 1.807) is 12.4 Å². The summed E-state index contributed by atoms with van der Waals surface area (Å²) in [6.45, 7) is 3.79. The van der Waals surface area contributed by atoms with Crippen LogP contribution in [0.15, 0.2) is 12.4 Å². The number of rotatable bonds is 2. The number of hydrogen-bond acceptors (Lipinski definition) is 4. The molecular weight excluding hydrogens is 188 g/mol. The fourth-order valence-corrected chi connectivity index (χ4v) is 2.16. The lowest BCUT2D eigenvalue weighted by molar-refractivity contribution is 0.479. The van der Waals surface area contributed by atoms with Gasteiger partial charge in [-0.15, -0.1) is 0 Å². The second-order valence-corrected chi connectivity index (χ2v) is 4.07. The van der Waals surface area contributed by atoms with Crippen LogP contribution in [0.5, 0.6) is 0 Å². The fraction of sp³-hybridized carbons (Fsp3) is 0.636. The summed E-state index contributed by atoms with van der Waals surface area (Å²) in [6.07, 6.45) is 7.25. The van der Waals surface area contributed by atoms with Crippen LogP contribution >= 0.6 is 0 Å². The second-order valence-electron chi connectivity index (χ2n) is 4.07. The van der Waals surface area contributed by atoms with Crippen LogP contribution < -0.4 is 10.6 Å². The molecule has 1 saturated heterocycles. The summed E-state index contributed by atoms with van der Waals surface area (Å²) in [5.41, 5.74) is 6.58. The molecule has 1 aromatic rings. The van der Waals surface area contributed by atoms with Crippen molar-refractivity contribution in [2.24, 2.45) is 5.73 Å². The predicted octanol–water partition coefficient (Wildman–Crippen LogP) is 1.31. The smallest absolute Gasteiger partial charge is 0.151 e. The van der Waals surface area contributed by atoms with Gasteiger partial charge in [0.05, 0.1) is 5.69 Å². The van der Waals surface area contributed by atoms with E-state index in [4.69, 9.17) is 5.73 Å². The van der Waals surface area contributed by atoms with E-state index in [1.807, 2.05) is 0 Å². The lowest BCUT2D eigenvalue weighted by Gasteiger charge is -2.35. The van der Waals surface area contributed by atoms with Gasteiger partial charge in [0.25, 0.3) is 0 Å². The number of piperidine rings is 1. The topological polar surface area (TPSA) is 55.0 Å². The van der Waals surface area contributed by atoms with Gasteiger partial charge in [0.1, 0.15) is 0 Å². The Balaban J connectivity index is 2.26. The Morgan fingerprint density at radius 1 is 1.40 bits per heavy atom. The van der Waals surface area contributed by atoms with E-state index in [-0.39, 0.29) is 0 Å². The molecular formula is C11H18N4. The summed E-state index contributed by atoms with van der Waals surface area (Å²) in [5.74, 6) is 0.979. The standard InChI is InChI=1S/C11H18N4/c1-9-4-2-3-7-15(9)11-10(8-12)13-5-6-14-11/h5-6,9H,2-4,7-8,12H2,1H3. The molecule has 1 unspecified atom stereocenters. The van der Waals surface area contributed by atoms with Crippen LogP contribution in [0.4, 0.5) is 5.82 Å². The highest BCUT2D eigenvalue weighted by Crippen LogP contribution is 2.24. The monoisotopic (exact) mass is 206 g/mol. The molecule has 82 valence electrons. The predicted molar refractivity (Wildman–Crippen MR) is 60.6 cm³/mol. The molecule has 0 amide bonds. The van der Waals surface area contributed by atoms with Crippen molar-refractivity contribution in [1.82, 2.24) is 9.97 Å². The molecule has 1 aliphatic heterocycles. The first-order valence-corrected chi connectivity index (χ1v) is 5.59. The number of nitrogens with zero attached hydrogens (tertiary/aromatic N) is 3. The molecule has 1 atom stereocenters. The number of nitrogens with two attached hydrogens (primary N) is 1. The van der Waals surface area contributed by atoms with Crippen molar-refractivity contribution in [2.75, 3.05) is 11.4 Å². The van der Waals surface area contributed by atoms with E-state index in [1.165, 1.54) is 19.3 Å². The Bertz CT molecular complexity index is 326. The maximum atomic E-state index is 5.67. The highest BCUT2D eigenvalue weighted by atomic mass is 15.2. The van der Waals surface area contributed by atoms with Gasteiger partial charge in [-0.05, 0) is 26.2 Å². The van der Waals surface area contributed by atoms with E-state index < -0.39 is 0 Å². The van der Waals surface area contributed by atoms with Gasteiger partial charge < -0.3 is 10.6 Å². The van der Waals surface area contributed by atoms with Crippen LogP contribution in [0, 0.1) is 0 Å². The first kappa shape index (κ1) is 10.4. The van der Waals surface area contributed by atoms with Crippen molar-refractivity contribution in [3.8, 4) is 0 Å². The van der Waals surface area contributed by atoms with Gasteiger partial charge in [0, 0.05) is 31.5 Å². The molecule has 0 bridgehead atoms. The molecule has 0 saturated carbocycles. The average Bonchev–Trinajstić information content (AvgIpc) is 2.30. The molecule has 2 heterocycles. The molecule has 1 aromatic heterocycles. The normalized spacial score (nSPS) is 21.7. The third kappa shape index (κ3) is 2.09. The van der Waals surface area contributed by atoms with E-state index in [9.17, 15) is 0 Å². The van der Waals surface area contributed by atoms with E-state index in [2.05, 4.69) is 21.8 Å². The molecule has 0 radical (unpaired) electrons. The molecule has 2 rings (SSSR count). The quantitative estimate of drug-likeness (QED) is 0.792. The van der Waals surface area contributed by atoms with Gasteiger partial charge in [-0.1, -0.05) is 0 Å². The SMILES string of the molecule is CC1CCCCN1c1nccnc1CN. The van der Waals surface area contributed by atoms with Crippen molar-refractivity contribution < 1.29 is 0 Å². The third-order valence-electron chi connectivity index (χ3n) is 3.02. The Hall–Kier alpha value is -1.16. The van der Waals surface area contributed by atoms with Crippen molar-refractivity contribution in [3.05, 3.63) is 18.1 Å². The molecule has 4 nitrogen and oxygen atoms in total. The van der Waals surface area contributed by atoms with Crippen LogP contribution in [0.2, 0.25) is 0 Å². The van der Waals surface area contributed by atoms with Crippen molar-refractivity contribution in [1.29, 1.82) is 0 Å². The van der Waals surface area contributed by atoms with Crippen LogP contribution in [0.1, 0.15) is 31.9 Å². The Kier molecular flexibility index (Phi) is 3.16. The second kappa shape index (κ2) is 4.57. The molecule has 0 spiro atoms. The summed E-state index contributed by atoms with van der Waals surface area (Å²) >= 11 is 0. The summed E-state index contributed by atoms with van der Waals surface area (Å²) in [4.78, 5) is 11.0. The number of aromatic nitrogens is 2. The molecule has 0 aliphatic carbocycles. The van der Waals surface area contributed by atoms with Gasteiger partial charge in [-0.3, -0.25) is 4.98 Å². The summed E-state index contributed by atoms with van der Waals surface area (Å²) < 4.78 is 0. The zero-order valence-corrected chi connectivity index (χ0v) is 9.19. The van der Waals surface area contributed by atoms with Crippen molar-refractivity contribution in [3.63, 3.8) is 0 Å². The van der Waals surface area contributed by atoms with E-state index in [0.717, 1.165) is 18.1 Å².